The van der Waals surface area contributed by atoms with Gasteiger partial charge in [0.2, 0.25) is 0 Å². The van der Waals surface area contributed by atoms with Crippen molar-refractivity contribution in [2.75, 3.05) is 46.0 Å². The van der Waals surface area contributed by atoms with Gasteiger partial charge >= 0.3 is 6.09 Å². The molecule has 0 unspecified atom stereocenters. The van der Waals surface area contributed by atoms with Crippen LogP contribution in [-0.4, -0.2) is 69.0 Å². The Hall–Kier alpha value is -2.22. The van der Waals surface area contributed by atoms with E-state index in [2.05, 4.69) is 10.6 Å². The number of furan rings is 1. The summed E-state index contributed by atoms with van der Waals surface area (Å²) in [6, 6.07) is 4.17. The van der Waals surface area contributed by atoms with Crippen LogP contribution in [0.3, 0.4) is 0 Å². The summed E-state index contributed by atoms with van der Waals surface area (Å²) in [5.41, 5.74) is 0. The molecule has 2 fully saturated rings. The minimum atomic E-state index is -0.215. The van der Waals surface area contributed by atoms with E-state index >= 15 is 0 Å². The van der Waals surface area contributed by atoms with Crippen LogP contribution >= 0.6 is 0 Å². The molecule has 0 bridgehead atoms. The number of likely N-dealkylation sites (tertiary alicyclic amines) is 1. The minimum absolute atomic E-state index is 0.215. The van der Waals surface area contributed by atoms with E-state index in [0.717, 1.165) is 69.6 Å². The molecular formula is C22H36N4O4. The van der Waals surface area contributed by atoms with E-state index in [9.17, 15) is 4.79 Å². The molecule has 0 spiro atoms. The maximum atomic E-state index is 11.9. The van der Waals surface area contributed by atoms with Crippen molar-refractivity contribution in [3.05, 3.63) is 24.2 Å². The van der Waals surface area contributed by atoms with E-state index in [0.29, 0.717) is 19.7 Å². The van der Waals surface area contributed by atoms with Crippen molar-refractivity contribution < 1.29 is 18.7 Å². The third-order valence-electron chi connectivity index (χ3n) is 5.37. The normalized spacial score (nSPS) is 17.8. The molecule has 2 N–H and O–H groups in total. The topological polar surface area (TPSA) is 88.3 Å². The first-order valence-electron chi connectivity index (χ1n) is 11.3. The van der Waals surface area contributed by atoms with E-state index in [1.54, 1.807) is 11.2 Å². The summed E-state index contributed by atoms with van der Waals surface area (Å²) >= 11 is 0. The van der Waals surface area contributed by atoms with Gasteiger partial charge in [-0.3, -0.25) is 4.99 Å². The standard InChI is InChI=1S/C22H36N4O4/c1-2-29-22(27)26-13-9-19(10-14-26)25-21(24-12-8-20-5-3-16-30-20)23-11-4-15-28-17-18-6-7-18/h3,5,16,18-19H,2,4,6-15,17H2,1H3,(H2,23,24,25). The van der Waals surface area contributed by atoms with Crippen molar-refractivity contribution in [3.63, 3.8) is 0 Å². The molecule has 1 aromatic rings. The molecule has 1 saturated heterocycles. The molecule has 1 aliphatic carbocycles. The number of guanidine groups is 1. The van der Waals surface area contributed by atoms with Crippen LogP contribution in [0.5, 0.6) is 0 Å². The smallest absolute Gasteiger partial charge is 0.409 e. The third kappa shape index (κ3) is 8.26. The highest BCUT2D eigenvalue weighted by Crippen LogP contribution is 2.28. The Morgan fingerprint density at radius 2 is 2.13 bits per heavy atom. The van der Waals surface area contributed by atoms with E-state index in [1.165, 1.54) is 12.8 Å². The molecule has 2 heterocycles. The number of amides is 1. The summed E-state index contributed by atoms with van der Waals surface area (Å²) in [6.45, 7) is 6.78. The number of nitrogens with zero attached hydrogens (tertiary/aromatic N) is 2. The Morgan fingerprint density at radius 1 is 1.30 bits per heavy atom. The van der Waals surface area contributed by atoms with Crippen molar-refractivity contribution in [2.45, 2.75) is 51.5 Å². The molecule has 1 aromatic heterocycles. The molecule has 1 aliphatic heterocycles. The largest absolute Gasteiger partial charge is 0.469 e. The second-order valence-corrected chi connectivity index (χ2v) is 7.96. The molecule has 30 heavy (non-hydrogen) atoms. The number of hydrogen-bond donors (Lipinski definition) is 2. The van der Waals surface area contributed by atoms with Crippen molar-refractivity contribution in [1.29, 1.82) is 0 Å². The van der Waals surface area contributed by atoms with Gasteiger partial charge < -0.3 is 29.4 Å². The van der Waals surface area contributed by atoms with Gasteiger partial charge in [0.25, 0.3) is 0 Å². The van der Waals surface area contributed by atoms with Crippen LogP contribution < -0.4 is 10.6 Å². The lowest BCUT2D eigenvalue weighted by atomic mass is 10.1. The fourth-order valence-electron chi connectivity index (χ4n) is 3.42. The second-order valence-electron chi connectivity index (χ2n) is 7.96. The number of carbonyl (C=O) groups is 1. The van der Waals surface area contributed by atoms with Gasteiger partial charge in [0.15, 0.2) is 5.96 Å². The number of rotatable bonds is 11. The second kappa shape index (κ2) is 12.5. The highest BCUT2D eigenvalue weighted by molar-refractivity contribution is 5.80. The van der Waals surface area contributed by atoms with Gasteiger partial charge in [-0.05, 0) is 57.1 Å². The van der Waals surface area contributed by atoms with Crippen LogP contribution in [0.4, 0.5) is 4.79 Å². The fourth-order valence-corrected chi connectivity index (χ4v) is 3.42. The maximum Gasteiger partial charge on any atom is 0.409 e. The molecule has 0 atom stereocenters. The Morgan fingerprint density at radius 3 is 2.83 bits per heavy atom. The minimum Gasteiger partial charge on any atom is -0.469 e. The molecule has 8 nitrogen and oxygen atoms in total. The zero-order chi connectivity index (χ0) is 21.0. The SMILES string of the molecule is CCOC(=O)N1CCC(NC(=NCCCOCC2CC2)NCCc2ccco2)CC1. The molecule has 2 aliphatic rings. The average Bonchev–Trinajstić information content (AvgIpc) is 3.43. The Kier molecular flexibility index (Phi) is 9.34. The van der Waals surface area contributed by atoms with E-state index in [1.807, 2.05) is 19.1 Å². The lowest BCUT2D eigenvalue weighted by Crippen LogP contribution is -2.50. The molecule has 0 radical (unpaired) electrons. The van der Waals surface area contributed by atoms with E-state index in [-0.39, 0.29) is 12.1 Å². The highest BCUT2D eigenvalue weighted by Gasteiger charge is 2.24. The predicted octanol–water partition coefficient (Wildman–Crippen LogP) is 2.79. The number of aliphatic imine (C=N–C) groups is 1. The summed E-state index contributed by atoms with van der Waals surface area (Å²) in [4.78, 5) is 18.4. The van der Waals surface area contributed by atoms with Crippen LogP contribution in [0.2, 0.25) is 0 Å². The van der Waals surface area contributed by atoms with E-state index in [4.69, 9.17) is 18.9 Å². The number of hydrogen-bond acceptors (Lipinski definition) is 5. The van der Waals surface area contributed by atoms with Crippen LogP contribution in [0.25, 0.3) is 0 Å². The molecule has 8 heteroatoms. The predicted molar refractivity (Wildman–Crippen MR) is 116 cm³/mol. The molecular weight excluding hydrogens is 384 g/mol. The van der Waals surface area contributed by atoms with Gasteiger partial charge in [0, 0.05) is 51.9 Å². The van der Waals surface area contributed by atoms with Gasteiger partial charge in [-0.1, -0.05) is 0 Å². The Balaban J connectivity index is 1.40. The Bertz CT molecular complexity index is 638. The maximum absolute atomic E-state index is 11.9. The summed E-state index contributed by atoms with van der Waals surface area (Å²) < 4.78 is 16.2. The van der Waals surface area contributed by atoms with Gasteiger partial charge in [-0.25, -0.2) is 4.79 Å². The van der Waals surface area contributed by atoms with E-state index < -0.39 is 0 Å². The van der Waals surface area contributed by atoms with Crippen LogP contribution in [0.1, 0.15) is 44.8 Å². The van der Waals surface area contributed by atoms with Crippen LogP contribution in [-0.2, 0) is 15.9 Å². The van der Waals surface area contributed by atoms with Gasteiger partial charge in [-0.2, -0.15) is 0 Å². The van der Waals surface area contributed by atoms with Crippen molar-refractivity contribution in [3.8, 4) is 0 Å². The molecule has 1 saturated carbocycles. The Labute approximate surface area is 179 Å². The third-order valence-corrected chi connectivity index (χ3v) is 5.37. The molecule has 0 aromatic carbocycles. The first-order chi connectivity index (χ1) is 14.7. The zero-order valence-electron chi connectivity index (χ0n) is 18.1. The highest BCUT2D eigenvalue weighted by atomic mass is 16.6. The first kappa shape index (κ1) is 22.5. The summed E-state index contributed by atoms with van der Waals surface area (Å²) in [6.07, 6.45) is 7.60. The van der Waals surface area contributed by atoms with Crippen molar-refractivity contribution >= 4 is 12.1 Å². The summed E-state index contributed by atoms with van der Waals surface area (Å²) in [5, 5.41) is 6.95. The average molecular weight is 421 g/mol. The van der Waals surface area contributed by atoms with Crippen molar-refractivity contribution in [2.24, 2.45) is 10.9 Å². The number of piperidine rings is 1. The first-order valence-corrected chi connectivity index (χ1v) is 11.3. The number of carbonyl (C=O) groups excluding carboxylic acids is 1. The monoisotopic (exact) mass is 420 g/mol. The quantitative estimate of drug-likeness (QED) is 0.325. The van der Waals surface area contributed by atoms with Gasteiger partial charge in [-0.15, -0.1) is 0 Å². The zero-order valence-corrected chi connectivity index (χ0v) is 18.1. The number of nitrogens with one attached hydrogen (secondary N) is 2. The van der Waals surface area contributed by atoms with Crippen LogP contribution in [0.15, 0.2) is 27.8 Å². The molecule has 168 valence electrons. The molecule has 1 amide bonds. The summed E-state index contributed by atoms with van der Waals surface area (Å²) in [5.74, 6) is 2.57. The van der Waals surface area contributed by atoms with Gasteiger partial charge in [0.1, 0.15) is 5.76 Å². The lowest BCUT2D eigenvalue weighted by Gasteiger charge is -2.32. The lowest BCUT2D eigenvalue weighted by molar-refractivity contribution is 0.0963. The van der Waals surface area contributed by atoms with Crippen LogP contribution in [0, 0.1) is 5.92 Å². The fraction of sp³-hybridized carbons (Fsp3) is 0.727. The van der Waals surface area contributed by atoms with Gasteiger partial charge in [0.05, 0.1) is 12.9 Å². The number of ether oxygens (including phenoxy) is 2. The molecule has 3 rings (SSSR count). The summed E-state index contributed by atoms with van der Waals surface area (Å²) in [7, 11) is 0. The van der Waals surface area contributed by atoms with Crippen molar-refractivity contribution in [1.82, 2.24) is 15.5 Å².